The van der Waals surface area contributed by atoms with Gasteiger partial charge in [-0.25, -0.2) is 0 Å². The third-order valence-electron chi connectivity index (χ3n) is 2.90. The smallest absolute Gasteiger partial charge is 0.260 e. The molecule has 0 atom stereocenters. The van der Waals surface area contributed by atoms with Crippen LogP contribution in [0, 0.1) is 3.57 Å². The van der Waals surface area contributed by atoms with Gasteiger partial charge in [-0.2, -0.15) is 0 Å². The van der Waals surface area contributed by atoms with Crippen molar-refractivity contribution in [2.45, 2.75) is 6.92 Å². The summed E-state index contributed by atoms with van der Waals surface area (Å²) in [6.45, 7) is 2.56. The van der Waals surface area contributed by atoms with E-state index in [4.69, 9.17) is 5.73 Å². The average molecular weight is 366 g/mol. The second-order valence-corrected chi connectivity index (χ2v) is 5.25. The van der Waals surface area contributed by atoms with Crippen LogP contribution in [0.5, 0.6) is 0 Å². The maximum absolute atomic E-state index is 12.6. The molecule has 19 heavy (non-hydrogen) atoms. The fourth-order valence-corrected chi connectivity index (χ4v) is 2.61. The Morgan fingerprint density at radius 2 is 1.79 bits per heavy atom. The van der Waals surface area contributed by atoms with Crippen molar-refractivity contribution in [1.82, 2.24) is 0 Å². The number of nitrogens with two attached hydrogens (primary N) is 1. The molecule has 3 nitrogen and oxygen atoms in total. The van der Waals surface area contributed by atoms with Crippen molar-refractivity contribution in [2.24, 2.45) is 0 Å². The second kappa shape index (κ2) is 6.06. The summed E-state index contributed by atoms with van der Waals surface area (Å²) in [5, 5.41) is 0. The molecule has 0 heterocycles. The third-order valence-corrected chi connectivity index (χ3v) is 3.81. The van der Waals surface area contributed by atoms with Gasteiger partial charge in [-0.05, 0) is 53.8 Å². The first-order valence-electron chi connectivity index (χ1n) is 6.06. The summed E-state index contributed by atoms with van der Waals surface area (Å²) in [5.41, 5.74) is 7.85. The van der Waals surface area contributed by atoms with Crippen LogP contribution in [0.15, 0.2) is 48.5 Å². The second-order valence-electron chi connectivity index (χ2n) is 4.09. The van der Waals surface area contributed by atoms with E-state index >= 15 is 0 Å². The quantitative estimate of drug-likeness (QED) is 0.667. The Hall–Kier alpha value is -1.56. The summed E-state index contributed by atoms with van der Waals surface area (Å²) in [6, 6.07) is 15.0. The lowest BCUT2D eigenvalue weighted by atomic mass is 10.1. The van der Waals surface area contributed by atoms with E-state index in [2.05, 4.69) is 22.6 Å². The van der Waals surface area contributed by atoms with Gasteiger partial charge in [0.05, 0.1) is 11.3 Å². The van der Waals surface area contributed by atoms with Crippen molar-refractivity contribution >= 4 is 39.9 Å². The molecular weight excluding hydrogens is 351 g/mol. The zero-order valence-electron chi connectivity index (χ0n) is 10.6. The van der Waals surface area contributed by atoms with Crippen molar-refractivity contribution in [3.05, 3.63) is 57.7 Å². The van der Waals surface area contributed by atoms with Crippen LogP contribution >= 0.6 is 22.6 Å². The number of rotatable bonds is 3. The van der Waals surface area contributed by atoms with Gasteiger partial charge in [-0.1, -0.05) is 24.3 Å². The molecule has 2 rings (SSSR count). The molecule has 0 spiro atoms. The van der Waals surface area contributed by atoms with Crippen LogP contribution < -0.4 is 10.6 Å². The lowest BCUT2D eigenvalue weighted by Gasteiger charge is -2.23. The van der Waals surface area contributed by atoms with E-state index < -0.39 is 0 Å². The number of carbonyl (C=O) groups is 1. The number of nitrogens with zero attached hydrogens (tertiary/aromatic N) is 1. The van der Waals surface area contributed by atoms with Crippen LogP contribution in [0.2, 0.25) is 0 Å². The van der Waals surface area contributed by atoms with E-state index in [0.717, 1.165) is 9.26 Å². The zero-order chi connectivity index (χ0) is 13.8. The van der Waals surface area contributed by atoms with Gasteiger partial charge >= 0.3 is 0 Å². The summed E-state index contributed by atoms with van der Waals surface area (Å²) >= 11 is 2.24. The number of hydrogen-bond donors (Lipinski definition) is 1. The molecular formula is C15H15IN2O. The summed E-state index contributed by atoms with van der Waals surface area (Å²) in [7, 11) is 0. The Morgan fingerprint density at radius 3 is 2.42 bits per heavy atom. The van der Waals surface area contributed by atoms with Crippen LogP contribution in [-0.2, 0) is 0 Å². The number of amides is 1. The largest absolute Gasteiger partial charge is 0.398 e. The molecule has 0 aromatic heterocycles. The minimum Gasteiger partial charge on any atom is -0.398 e. The van der Waals surface area contributed by atoms with Gasteiger partial charge < -0.3 is 10.6 Å². The fraction of sp³-hybridized carbons (Fsp3) is 0.133. The lowest BCUT2D eigenvalue weighted by Crippen LogP contribution is -2.31. The normalized spacial score (nSPS) is 10.2. The maximum atomic E-state index is 12.6. The zero-order valence-corrected chi connectivity index (χ0v) is 12.8. The fourth-order valence-electron chi connectivity index (χ4n) is 1.93. The summed E-state index contributed by atoms with van der Waals surface area (Å²) in [6.07, 6.45) is 0. The first-order valence-corrected chi connectivity index (χ1v) is 7.14. The van der Waals surface area contributed by atoms with Crippen molar-refractivity contribution in [3.63, 3.8) is 0 Å². The average Bonchev–Trinajstić information content (AvgIpc) is 2.42. The van der Waals surface area contributed by atoms with Crippen LogP contribution in [-0.4, -0.2) is 12.5 Å². The maximum Gasteiger partial charge on any atom is 0.260 e. The van der Waals surface area contributed by atoms with E-state index in [-0.39, 0.29) is 5.91 Å². The predicted octanol–water partition coefficient (Wildman–Crippen LogP) is 3.54. The SMILES string of the molecule is CCN(C(=O)c1ccccc1N)c1ccccc1I. The molecule has 0 aliphatic rings. The molecule has 0 saturated carbocycles. The standard InChI is InChI=1S/C15H15IN2O/c1-2-18(14-10-6-4-8-12(14)16)15(19)11-7-3-5-9-13(11)17/h3-10H,2,17H2,1H3. The molecule has 98 valence electrons. The predicted molar refractivity (Wildman–Crippen MR) is 87.4 cm³/mol. The Kier molecular flexibility index (Phi) is 4.42. The molecule has 0 radical (unpaired) electrons. The van der Waals surface area contributed by atoms with Gasteiger partial charge in [-0.3, -0.25) is 4.79 Å². The van der Waals surface area contributed by atoms with Crippen molar-refractivity contribution in [1.29, 1.82) is 0 Å². The Bertz CT molecular complexity index is 598. The minimum absolute atomic E-state index is 0.0651. The molecule has 2 N–H and O–H groups in total. The van der Waals surface area contributed by atoms with Crippen molar-refractivity contribution < 1.29 is 4.79 Å². The van der Waals surface area contributed by atoms with E-state index in [1.54, 1.807) is 17.0 Å². The highest BCUT2D eigenvalue weighted by Gasteiger charge is 2.19. The van der Waals surface area contributed by atoms with E-state index in [0.29, 0.717) is 17.8 Å². The number of anilines is 2. The van der Waals surface area contributed by atoms with Crippen LogP contribution in [0.25, 0.3) is 0 Å². The Labute approximate surface area is 126 Å². The summed E-state index contributed by atoms with van der Waals surface area (Å²) in [5.74, 6) is -0.0651. The van der Waals surface area contributed by atoms with Gasteiger partial charge in [0.25, 0.3) is 5.91 Å². The summed E-state index contributed by atoms with van der Waals surface area (Å²) < 4.78 is 1.05. The van der Waals surface area contributed by atoms with Crippen LogP contribution in [0.3, 0.4) is 0 Å². The molecule has 2 aromatic rings. The number of carbonyl (C=O) groups excluding carboxylic acids is 1. The molecule has 0 saturated heterocycles. The van der Waals surface area contributed by atoms with Crippen molar-refractivity contribution in [2.75, 3.05) is 17.2 Å². The monoisotopic (exact) mass is 366 g/mol. The van der Waals surface area contributed by atoms with Crippen LogP contribution in [0.4, 0.5) is 11.4 Å². The lowest BCUT2D eigenvalue weighted by molar-refractivity contribution is 0.0989. The molecule has 0 fully saturated rings. The molecule has 0 unspecified atom stereocenters. The topological polar surface area (TPSA) is 46.3 Å². The molecule has 1 amide bonds. The molecule has 0 aliphatic carbocycles. The van der Waals surface area contributed by atoms with Gasteiger partial charge in [0.15, 0.2) is 0 Å². The molecule has 2 aromatic carbocycles. The molecule has 0 bridgehead atoms. The highest BCUT2D eigenvalue weighted by atomic mass is 127. The minimum atomic E-state index is -0.0651. The van der Waals surface area contributed by atoms with Crippen LogP contribution in [0.1, 0.15) is 17.3 Å². The first-order chi connectivity index (χ1) is 9.15. The summed E-state index contributed by atoms with van der Waals surface area (Å²) in [4.78, 5) is 14.3. The number of benzene rings is 2. The van der Waals surface area contributed by atoms with E-state index in [9.17, 15) is 4.79 Å². The number of nitrogen functional groups attached to an aromatic ring is 1. The van der Waals surface area contributed by atoms with Gasteiger partial charge in [0.2, 0.25) is 0 Å². The number of hydrogen-bond acceptors (Lipinski definition) is 2. The highest BCUT2D eigenvalue weighted by Crippen LogP contribution is 2.25. The van der Waals surface area contributed by atoms with Crippen molar-refractivity contribution in [3.8, 4) is 0 Å². The first kappa shape index (κ1) is 13.9. The third kappa shape index (κ3) is 2.89. The van der Waals surface area contributed by atoms with Gasteiger partial charge in [0, 0.05) is 15.8 Å². The Morgan fingerprint density at radius 1 is 1.16 bits per heavy atom. The number of para-hydroxylation sites is 2. The molecule has 0 aliphatic heterocycles. The number of halogens is 1. The Balaban J connectivity index is 2.41. The van der Waals surface area contributed by atoms with Gasteiger partial charge in [-0.15, -0.1) is 0 Å². The van der Waals surface area contributed by atoms with Gasteiger partial charge in [0.1, 0.15) is 0 Å². The highest BCUT2D eigenvalue weighted by molar-refractivity contribution is 14.1. The molecule has 4 heteroatoms. The van der Waals surface area contributed by atoms with E-state index in [1.165, 1.54) is 0 Å². The van der Waals surface area contributed by atoms with E-state index in [1.807, 2.05) is 43.3 Å².